The van der Waals surface area contributed by atoms with Crippen LogP contribution in [0.25, 0.3) is 0 Å². The van der Waals surface area contributed by atoms with Gasteiger partial charge in [0.05, 0.1) is 24.5 Å². The van der Waals surface area contributed by atoms with Crippen LogP contribution in [0.2, 0.25) is 0 Å². The summed E-state index contributed by atoms with van der Waals surface area (Å²) in [5, 5.41) is 0. The third-order valence-corrected chi connectivity index (χ3v) is 4.04. The zero-order chi connectivity index (χ0) is 15.4. The van der Waals surface area contributed by atoms with Gasteiger partial charge in [0.15, 0.2) is 5.82 Å². The van der Waals surface area contributed by atoms with E-state index < -0.39 is 0 Å². The molecule has 116 valence electrons. The predicted molar refractivity (Wildman–Crippen MR) is 86.1 cm³/mol. The van der Waals surface area contributed by atoms with Gasteiger partial charge in [-0.15, -0.1) is 0 Å². The molecule has 8 heteroatoms. The summed E-state index contributed by atoms with van der Waals surface area (Å²) in [5.41, 5.74) is 5.52. The molecule has 0 spiro atoms. The topological polar surface area (TPSA) is 87.5 Å². The molecule has 2 heterocycles. The van der Waals surface area contributed by atoms with Crippen LogP contribution >= 0.6 is 12.2 Å². The number of nitrogens with zero attached hydrogens (tertiary/aromatic N) is 3. The SMILES string of the molecule is CCC(C(N)=S)N1CCN(c2nc[nH]c(=O)c2OC)CC1. The van der Waals surface area contributed by atoms with E-state index in [1.165, 1.54) is 13.4 Å². The Kier molecular flexibility index (Phi) is 5.13. The number of aromatic amines is 1. The first-order chi connectivity index (χ1) is 10.1. The van der Waals surface area contributed by atoms with Gasteiger partial charge in [-0.2, -0.15) is 0 Å². The van der Waals surface area contributed by atoms with Gasteiger partial charge < -0.3 is 20.4 Å². The summed E-state index contributed by atoms with van der Waals surface area (Å²) in [6.07, 6.45) is 2.30. The molecule has 2 rings (SSSR count). The molecule has 1 aromatic heterocycles. The van der Waals surface area contributed by atoms with Gasteiger partial charge in [-0.3, -0.25) is 9.69 Å². The summed E-state index contributed by atoms with van der Waals surface area (Å²) >= 11 is 5.12. The van der Waals surface area contributed by atoms with Crippen LogP contribution in [-0.4, -0.2) is 59.2 Å². The monoisotopic (exact) mass is 311 g/mol. The molecule has 1 atom stereocenters. The van der Waals surface area contributed by atoms with Gasteiger partial charge in [0, 0.05) is 26.2 Å². The van der Waals surface area contributed by atoms with Crippen molar-refractivity contribution in [1.82, 2.24) is 14.9 Å². The van der Waals surface area contributed by atoms with Crippen molar-refractivity contribution < 1.29 is 4.74 Å². The minimum atomic E-state index is -0.264. The van der Waals surface area contributed by atoms with Gasteiger partial charge in [0.25, 0.3) is 5.56 Å². The van der Waals surface area contributed by atoms with E-state index in [1.807, 2.05) is 0 Å². The van der Waals surface area contributed by atoms with E-state index in [2.05, 4.69) is 26.7 Å². The Morgan fingerprint density at radius 3 is 2.71 bits per heavy atom. The number of nitrogens with one attached hydrogen (secondary N) is 1. The highest BCUT2D eigenvalue weighted by atomic mass is 32.1. The highest BCUT2D eigenvalue weighted by Crippen LogP contribution is 2.22. The first-order valence-electron chi connectivity index (χ1n) is 6.98. The highest BCUT2D eigenvalue weighted by molar-refractivity contribution is 7.80. The minimum Gasteiger partial charge on any atom is -0.489 e. The van der Waals surface area contributed by atoms with Gasteiger partial charge in [-0.1, -0.05) is 19.1 Å². The lowest BCUT2D eigenvalue weighted by Crippen LogP contribution is -2.54. The second kappa shape index (κ2) is 6.86. The van der Waals surface area contributed by atoms with Gasteiger partial charge in [-0.05, 0) is 6.42 Å². The number of hydrogen-bond acceptors (Lipinski definition) is 6. The van der Waals surface area contributed by atoms with Crippen molar-refractivity contribution in [3.63, 3.8) is 0 Å². The molecule has 1 aliphatic heterocycles. The maximum Gasteiger partial charge on any atom is 0.295 e. The summed E-state index contributed by atoms with van der Waals surface area (Å²) in [4.78, 5) is 23.4. The Morgan fingerprint density at radius 2 is 2.19 bits per heavy atom. The van der Waals surface area contributed by atoms with Crippen LogP contribution in [-0.2, 0) is 0 Å². The van der Waals surface area contributed by atoms with Gasteiger partial charge in [0.1, 0.15) is 0 Å². The van der Waals surface area contributed by atoms with E-state index in [0.717, 1.165) is 32.6 Å². The number of anilines is 1. The Hall–Kier alpha value is -1.67. The molecule has 3 N–H and O–H groups in total. The van der Waals surface area contributed by atoms with Gasteiger partial charge >= 0.3 is 0 Å². The third-order valence-electron chi connectivity index (χ3n) is 3.77. The maximum absolute atomic E-state index is 11.7. The normalized spacial score (nSPS) is 17.5. The number of rotatable bonds is 5. The average Bonchev–Trinajstić information content (AvgIpc) is 2.48. The Morgan fingerprint density at radius 1 is 1.52 bits per heavy atom. The number of aromatic nitrogens is 2. The molecule has 21 heavy (non-hydrogen) atoms. The fourth-order valence-electron chi connectivity index (χ4n) is 2.67. The van der Waals surface area contributed by atoms with Crippen molar-refractivity contribution in [1.29, 1.82) is 0 Å². The molecule has 7 nitrogen and oxygen atoms in total. The number of thiocarbonyl (C=S) groups is 1. The molecule has 0 aromatic carbocycles. The minimum absolute atomic E-state index is 0.135. The van der Waals surface area contributed by atoms with Crippen molar-refractivity contribution in [2.24, 2.45) is 5.73 Å². The Bertz CT molecular complexity index is 554. The van der Waals surface area contributed by atoms with Crippen molar-refractivity contribution in [2.75, 3.05) is 38.2 Å². The number of H-pyrrole nitrogens is 1. The molecule has 0 saturated carbocycles. The molecule has 1 aromatic rings. The second-order valence-corrected chi connectivity index (χ2v) is 5.41. The van der Waals surface area contributed by atoms with Crippen LogP contribution < -0.4 is 20.9 Å². The molecule has 1 fully saturated rings. The van der Waals surface area contributed by atoms with Gasteiger partial charge in [0.2, 0.25) is 5.75 Å². The van der Waals surface area contributed by atoms with Crippen molar-refractivity contribution >= 4 is 23.0 Å². The quantitative estimate of drug-likeness (QED) is 0.738. The van der Waals surface area contributed by atoms with Gasteiger partial charge in [-0.25, -0.2) is 4.98 Å². The summed E-state index contributed by atoms with van der Waals surface area (Å²) in [5.74, 6) is 0.844. The van der Waals surface area contributed by atoms with Crippen molar-refractivity contribution in [3.8, 4) is 5.75 Å². The summed E-state index contributed by atoms with van der Waals surface area (Å²) in [7, 11) is 1.48. The second-order valence-electron chi connectivity index (χ2n) is 4.94. The van der Waals surface area contributed by atoms with E-state index >= 15 is 0 Å². The molecule has 1 aliphatic rings. The average molecular weight is 311 g/mol. The summed E-state index contributed by atoms with van der Waals surface area (Å²) in [6, 6.07) is 0.135. The van der Waals surface area contributed by atoms with Crippen LogP contribution in [0.4, 0.5) is 5.82 Å². The van der Waals surface area contributed by atoms with E-state index in [0.29, 0.717) is 10.8 Å². The fourth-order valence-corrected chi connectivity index (χ4v) is 2.99. The number of ether oxygens (including phenoxy) is 1. The molecular weight excluding hydrogens is 290 g/mol. The molecule has 1 unspecified atom stereocenters. The fraction of sp³-hybridized carbons (Fsp3) is 0.615. The molecule has 1 saturated heterocycles. The maximum atomic E-state index is 11.7. The van der Waals surface area contributed by atoms with E-state index in [4.69, 9.17) is 22.7 Å². The lowest BCUT2D eigenvalue weighted by atomic mass is 10.1. The smallest absolute Gasteiger partial charge is 0.295 e. The van der Waals surface area contributed by atoms with Crippen LogP contribution in [0.3, 0.4) is 0 Å². The van der Waals surface area contributed by atoms with E-state index in [9.17, 15) is 4.79 Å². The number of nitrogens with two attached hydrogens (primary N) is 1. The standard InChI is InChI=1S/C13H21N5O2S/c1-3-9(11(14)21)17-4-6-18(7-5-17)12-10(20-2)13(19)16-8-15-12/h8-9H,3-7H2,1-2H3,(H2,14,21)(H,15,16,19). The zero-order valence-electron chi connectivity index (χ0n) is 12.3. The number of hydrogen-bond donors (Lipinski definition) is 2. The lowest BCUT2D eigenvalue weighted by molar-refractivity contribution is 0.223. The highest BCUT2D eigenvalue weighted by Gasteiger charge is 2.26. The Balaban J connectivity index is 2.10. The van der Waals surface area contributed by atoms with Crippen molar-refractivity contribution in [3.05, 3.63) is 16.7 Å². The molecule has 0 aliphatic carbocycles. The third kappa shape index (κ3) is 3.33. The molecule has 0 amide bonds. The van der Waals surface area contributed by atoms with Crippen LogP contribution in [0.5, 0.6) is 5.75 Å². The summed E-state index contributed by atoms with van der Waals surface area (Å²) < 4.78 is 5.16. The number of piperazine rings is 1. The zero-order valence-corrected chi connectivity index (χ0v) is 13.2. The first kappa shape index (κ1) is 15.7. The molecular formula is C13H21N5O2S. The first-order valence-corrected chi connectivity index (χ1v) is 7.39. The van der Waals surface area contributed by atoms with E-state index in [1.54, 1.807) is 0 Å². The van der Waals surface area contributed by atoms with Crippen LogP contribution in [0.15, 0.2) is 11.1 Å². The summed E-state index contributed by atoms with van der Waals surface area (Å²) in [6.45, 7) is 5.25. The molecule has 0 bridgehead atoms. The van der Waals surface area contributed by atoms with Crippen LogP contribution in [0.1, 0.15) is 13.3 Å². The van der Waals surface area contributed by atoms with E-state index in [-0.39, 0.29) is 17.4 Å². The van der Waals surface area contributed by atoms with Crippen molar-refractivity contribution in [2.45, 2.75) is 19.4 Å². The van der Waals surface area contributed by atoms with Crippen LogP contribution in [0, 0.1) is 0 Å². The Labute approximate surface area is 129 Å². The predicted octanol–water partition coefficient (Wildman–Crippen LogP) is -0.0348. The largest absolute Gasteiger partial charge is 0.489 e. The number of methoxy groups -OCH3 is 1. The lowest BCUT2D eigenvalue weighted by Gasteiger charge is -2.39. The molecule has 0 radical (unpaired) electrons.